The number of nitrogens with one attached hydrogen (secondary N) is 1. The van der Waals surface area contributed by atoms with Crippen molar-refractivity contribution >= 4 is 5.91 Å². The highest BCUT2D eigenvalue weighted by molar-refractivity contribution is 5.77. The summed E-state index contributed by atoms with van der Waals surface area (Å²) < 4.78 is 5.67. The van der Waals surface area contributed by atoms with Crippen LogP contribution in [0.1, 0.15) is 44.2 Å². The number of carbonyl (C=O) groups is 1. The van der Waals surface area contributed by atoms with Crippen LogP contribution in [-0.2, 0) is 4.79 Å². The summed E-state index contributed by atoms with van der Waals surface area (Å²) in [5, 5.41) is 11.7. The molecule has 1 aromatic rings. The molecule has 0 saturated carbocycles. The maximum absolute atomic E-state index is 11.8. The summed E-state index contributed by atoms with van der Waals surface area (Å²) in [6.45, 7) is 8.95. The molecule has 1 unspecified atom stereocenters. The van der Waals surface area contributed by atoms with Gasteiger partial charge in [0.2, 0.25) is 0 Å². The number of hydrogen-bond acceptors (Lipinski definition) is 3. The minimum absolute atomic E-state index is 0.0228. The molecule has 0 aliphatic carbocycles. The minimum atomic E-state index is -0.129. The van der Waals surface area contributed by atoms with Crippen LogP contribution in [0.3, 0.4) is 0 Å². The van der Waals surface area contributed by atoms with Crippen LogP contribution in [0.2, 0.25) is 0 Å². The van der Waals surface area contributed by atoms with Crippen LogP contribution in [-0.4, -0.2) is 30.8 Å². The van der Waals surface area contributed by atoms with Crippen molar-refractivity contribution in [3.8, 4) is 5.75 Å². The van der Waals surface area contributed by atoms with E-state index < -0.39 is 0 Å². The first kappa shape index (κ1) is 17.5. The van der Waals surface area contributed by atoms with E-state index in [1.807, 2.05) is 19.9 Å². The summed E-state index contributed by atoms with van der Waals surface area (Å²) >= 11 is 0. The van der Waals surface area contributed by atoms with Crippen LogP contribution in [0, 0.1) is 12.8 Å². The predicted octanol–water partition coefficient (Wildman–Crippen LogP) is 2.63. The van der Waals surface area contributed by atoms with Gasteiger partial charge in [-0.1, -0.05) is 32.9 Å². The maximum Gasteiger partial charge on any atom is 0.257 e. The molecule has 0 bridgehead atoms. The Morgan fingerprint density at radius 3 is 2.67 bits per heavy atom. The predicted molar refractivity (Wildman–Crippen MR) is 84.6 cm³/mol. The Morgan fingerprint density at radius 1 is 1.33 bits per heavy atom. The molecule has 21 heavy (non-hydrogen) atoms. The molecule has 0 spiro atoms. The van der Waals surface area contributed by atoms with Gasteiger partial charge in [0, 0.05) is 13.2 Å². The van der Waals surface area contributed by atoms with Crippen molar-refractivity contribution in [2.75, 3.05) is 19.8 Å². The highest BCUT2D eigenvalue weighted by Crippen LogP contribution is 2.27. The third-order valence-corrected chi connectivity index (χ3v) is 3.42. The third kappa shape index (κ3) is 6.17. The van der Waals surface area contributed by atoms with E-state index >= 15 is 0 Å². The number of carbonyl (C=O) groups excluding carboxylic acids is 1. The van der Waals surface area contributed by atoms with Crippen LogP contribution < -0.4 is 10.1 Å². The van der Waals surface area contributed by atoms with Gasteiger partial charge in [-0.25, -0.2) is 0 Å². The second-order valence-electron chi connectivity index (χ2n) is 5.91. The molecule has 0 saturated heterocycles. The molecule has 1 atom stereocenters. The van der Waals surface area contributed by atoms with Gasteiger partial charge in [-0.2, -0.15) is 0 Å². The zero-order valence-electron chi connectivity index (χ0n) is 13.5. The van der Waals surface area contributed by atoms with Crippen molar-refractivity contribution < 1.29 is 14.6 Å². The first-order valence-electron chi connectivity index (χ1n) is 7.55. The fraction of sp³-hybridized carbons (Fsp3) is 0.588. The highest BCUT2D eigenvalue weighted by atomic mass is 16.5. The molecule has 0 radical (unpaired) electrons. The van der Waals surface area contributed by atoms with Crippen molar-refractivity contribution in [3.63, 3.8) is 0 Å². The van der Waals surface area contributed by atoms with Crippen molar-refractivity contribution in [2.24, 2.45) is 5.92 Å². The Hall–Kier alpha value is -1.55. The van der Waals surface area contributed by atoms with Gasteiger partial charge in [0.1, 0.15) is 5.75 Å². The number of ether oxygens (including phenoxy) is 1. The molecule has 4 nitrogen and oxygen atoms in total. The van der Waals surface area contributed by atoms with Crippen LogP contribution in [0.15, 0.2) is 18.2 Å². The van der Waals surface area contributed by atoms with Crippen molar-refractivity contribution in [1.82, 2.24) is 5.32 Å². The number of rotatable bonds is 8. The normalized spacial score (nSPS) is 12.3. The summed E-state index contributed by atoms with van der Waals surface area (Å²) in [6, 6.07) is 6.08. The first-order valence-corrected chi connectivity index (χ1v) is 7.55. The Kier molecular flexibility index (Phi) is 7.23. The molecule has 1 amide bonds. The molecule has 0 aliphatic heterocycles. The van der Waals surface area contributed by atoms with Gasteiger partial charge in [-0.05, 0) is 42.4 Å². The number of aliphatic hydroxyl groups excluding tert-OH is 1. The highest BCUT2D eigenvalue weighted by Gasteiger charge is 2.11. The van der Waals surface area contributed by atoms with Crippen molar-refractivity contribution in [3.05, 3.63) is 29.3 Å². The molecule has 1 rings (SSSR count). The maximum atomic E-state index is 11.8. The molecule has 0 fully saturated rings. The molecule has 1 aromatic carbocycles. The summed E-state index contributed by atoms with van der Waals surface area (Å²) in [4.78, 5) is 11.8. The van der Waals surface area contributed by atoms with E-state index in [-0.39, 0.29) is 25.0 Å². The average molecular weight is 293 g/mol. The molecule has 4 heteroatoms. The molecule has 0 aliphatic rings. The monoisotopic (exact) mass is 293 g/mol. The zero-order chi connectivity index (χ0) is 15.8. The summed E-state index contributed by atoms with van der Waals surface area (Å²) in [7, 11) is 0. The molecular formula is C17H27NO3. The van der Waals surface area contributed by atoms with Gasteiger partial charge in [0.25, 0.3) is 5.91 Å². The smallest absolute Gasteiger partial charge is 0.257 e. The standard InChI is InChI=1S/C17H27NO3/c1-12(2)15-6-5-13(3)9-16(15)21-11-17(20)18-10-14(4)7-8-19/h5-6,9,12,14,19H,7-8,10-11H2,1-4H3,(H,18,20). The topological polar surface area (TPSA) is 58.6 Å². The quantitative estimate of drug-likeness (QED) is 0.774. The van der Waals surface area contributed by atoms with E-state index in [4.69, 9.17) is 9.84 Å². The molecule has 2 N–H and O–H groups in total. The lowest BCUT2D eigenvalue weighted by atomic mass is 10.0. The van der Waals surface area contributed by atoms with E-state index in [1.54, 1.807) is 0 Å². The van der Waals surface area contributed by atoms with Gasteiger partial charge >= 0.3 is 0 Å². The largest absolute Gasteiger partial charge is 0.483 e. The van der Waals surface area contributed by atoms with E-state index in [2.05, 4.69) is 31.3 Å². The Morgan fingerprint density at radius 2 is 2.05 bits per heavy atom. The minimum Gasteiger partial charge on any atom is -0.483 e. The van der Waals surface area contributed by atoms with Crippen LogP contribution >= 0.6 is 0 Å². The number of amides is 1. The summed E-state index contributed by atoms with van der Waals surface area (Å²) in [5.74, 6) is 1.27. The number of hydrogen-bond donors (Lipinski definition) is 2. The Bertz CT molecular complexity index is 457. The SMILES string of the molecule is Cc1ccc(C(C)C)c(OCC(=O)NCC(C)CCO)c1. The van der Waals surface area contributed by atoms with Crippen LogP contribution in [0.25, 0.3) is 0 Å². The zero-order valence-corrected chi connectivity index (χ0v) is 13.5. The molecular weight excluding hydrogens is 266 g/mol. The van der Waals surface area contributed by atoms with E-state index in [0.29, 0.717) is 18.9 Å². The van der Waals surface area contributed by atoms with Crippen molar-refractivity contribution in [1.29, 1.82) is 0 Å². The fourth-order valence-corrected chi connectivity index (χ4v) is 2.05. The van der Waals surface area contributed by atoms with Gasteiger partial charge in [0.05, 0.1) is 0 Å². The van der Waals surface area contributed by atoms with Gasteiger partial charge in [0.15, 0.2) is 6.61 Å². The Labute approximate surface area is 127 Å². The van der Waals surface area contributed by atoms with Gasteiger partial charge < -0.3 is 15.2 Å². The second kappa shape index (κ2) is 8.67. The molecule has 118 valence electrons. The van der Waals surface area contributed by atoms with E-state index in [1.165, 1.54) is 0 Å². The van der Waals surface area contributed by atoms with Crippen molar-refractivity contribution in [2.45, 2.75) is 40.0 Å². The first-order chi connectivity index (χ1) is 9.93. The molecule has 0 aromatic heterocycles. The van der Waals surface area contributed by atoms with Crippen LogP contribution in [0.4, 0.5) is 0 Å². The van der Waals surface area contributed by atoms with Gasteiger partial charge in [-0.3, -0.25) is 4.79 Å². The number of benzene rings is 1. The lowest BCUT2D eigenvalue weighted by molar-refractivity contribution is -0.123. The van der Waals surface area contributed by atoms with Gasteiger partial charge in [-0.15, -0.1) is 0 Å². The van der Waals surface area contributed by atoms with E-state index in [9.17, 15) is 4.79 Å². The summed E-state index contributed by atoms with van der Waals surface area (Å²) in [5.41, 5.74) is 2.23. The fourth-order valence-electron chi connectivity index (χ4n) is 2.05. The number of aryl methyl sites for hydroxylation is 1. The third-order valence-electron chi connectivity index (χ3n) is 3.42. The van der Waals surface area contributed by atoms with Crippen LogP contribution in [0.5, 0.6) is 5.75 Å². The second-order valence-corrected chi connectivity index (χ2v) is 5.91. The van der Waals surface area contributed by atoms with E-state index in [0.717, 1.165) is 16.9 Å². The lowest BCUT2D eigenvalue weighted by Gasteiger charge is -2.15. The number of aliphatic hydroxyl groups is 1. The lowest BCUT2D eigenvalue weighted by Crippen LogP contribution is -2.32. The molecule has 0 heterocycles. The summed E-state index contributed by atoms with van der Waals surface area (Å²) in [6.07, 6.45) is 0.691. The Balaban J connectivity index is 2.51. The average Bonchev–Trinajstić information content (AvgIpc) is 2.43.